The van der Waals surface area contributed by atoms with Gasteiger partial charge in [-0.3, -0.25) is 14.5 Å². The number of thiazole rings is 1. The summed E-state index contributed by atoms with van der Waals surface area (Å²) in [7, 11) is 0. The van der Waals surface area contributed by atoms with Crippen LogP contribution in [0.25, 0.3) is 0 Å². The number of hydrogen-bond acceptors (Lipinski definition) is 7. The molecule has 1 unspecified atom stereocenters. The van der Waals surface area contributed by atoms with Crippen LogP contribution in [-0.4, -0.2) is 50.4 Å². The minimum absolute atomic E-state index is 0.0696. The van der Waals surface area contributed by atoms with Crippen LogP contribution in [0.5, 0.6) is 5.75 Å². The van der Waals surface area contributed by atoms with Crippen LogP contribution in [0.1, 0.15) is 47.2 Å². The van der Waals surface area contributed by atoms with Gasteiger partial charge in [-0.2, -0.15) is 13.2 Å². The number of carbonyl (C=O) groups excluding carboxylic acids is 2. The summed E-state index contributed by atoms with van der Waals surface area (Å²) in [6, 6.07) is 1.74. The van der Waals surface area contributed by atoms with Gasteiger partial charge in [-0.05, 0) is 38.3 Å². The highest BCUT2D eigenvalue weighted by atomic mass is 32.1. The lowest BCUT2D eigenvalue weighted by molar-refractivity contribution is -0.137. The largest absolute Gasteiger partial charge is 0.491 e. The molecule has 3 heterocycles. The molecule has 8 nitrogen and oxygen atoms in total. The highest BCUT2D eigenvalue weighted by Crippen LogP contribution is 2.37. The molecule has 3 aromatic rings. The monoisotopic (exact) mass is 547 g/mol. The molecule has 198 valence electrons. The molecule has 4 rings (SSSR count). The predicted octanol–water partition coefficient (Wildman–Crippen LogP) is 4.31. The SMILES string of the molecule is C#Cc1nc(C(=O)N(c2cc(OC(C)C)cc(C(F)(F)F)c2)C2CCN(Cc3ncc(F)cn3)C2=O)cs1. The Kier molecular flexibility index (Phi) is 7.63. The van der Waals surface area contributed by atoms with Crippen molar-refractivity contribution < 1.29 is 31.9 Å². The zero-order valence-electron chi connectivity index (χ0n) is 20.2. The summed E-state index contributed by atoms with van der Waals surface area (Å²) in [5.41, 5.74) is -1.35. The lowest BCUT2D eigenvalue weighted by Gasteiger charge is -2.29. The van der Waals surface area contributed by atoms with Crippen LogP contribution < -0.4 is 9.64 Å². The van der Waals surface area contributed by atoms with E-state index in [9.17, 15) is 27.2 Å². The van der Waals surface area contributed by atoms with Gasteiger partial charge < -0.3 is 9.64 Å². The number of aromatic nitrogens is 3. The first-order valence-electron chi connectivity index (χ1n) is 11.4. The predicted molar refractivity (Wildman–Crippen MR) is 130 cm³/mol. The quantitative estimate of drug-likeness (QED) is 0.324. The Balaban J connectivity index is 1.76. The number of halogens is 4. The van der Waals surface area contributed by atoms with E-state index < -0.39 is 41.5 Å². The lowest BCUT2D eigenvalue weighted by atomic mass is 10.1. The van der Waals surface area contributed by atoms with Crippen LogP contribution >= 0.6 is 11.3 Å². The topological polar surface area (TPSA) is 88.5 Å². The van der Waals surface area contributed by atoms with Gasteiger partial charge in [0, 0.05) is 23.7 Å². The first-order chi connectivity index (χ1) is 18.0. The Hall–Kier alpha value is -4.05. The maximum absolute atomic E-state index is 13.8. The Morgan fingerprint density at radius 2 is 2.00 bits per heavy atom. The molecule has 38 heavy (non-hydrogen) atoms. The van der Waals surface area contributed by atoms with Gasteiger partial charge in [0.25, 0.3) is 5.91 Å². The molecule has 0 radical (unpaired) electrons. The number of carbonyl (C=O) groups is 2. The second kappa shape index (κ2) is 10.7. The molecule has 0 spiro atoms. The van der Waals surface area contributed by atoms with E-state index in [0.29, 0.717) is 0 Å². The fraction of sp³-hybridized carbons (Fsp3) is 0.320. The van der Waals surface area contributed by atoms with Gasteiger partial charge >= 0.3 is 6.18 Å². The van der Waals surface area contributed by atoms with Gasteiger partial charge in [0.15, 0.2) is 10.8 Å². The summed E-state index contributed by atoms with van der Waals surface area (Å²) < 4.78 is 60.1. The summed E-state index contributed by atoms with van der Waals surface area (Å²) in [5, 5.41) is 1.58. The fourth-order valence-electron chi connectivity index (χ4n) is 3.94. The van der Waals surface area contributed by atoms with E-state index in [1.54, 1.807) is 13.8 Å². The average molecular weight is 548 g/mol. The minimum Gasteiger partial charge on any atom is -0.491 e. The third kappa shape index (κ3) is 5.91. The van der Waals surface area contributed by atoms with E-state index in [1.165, 1.54) is 16.3 Å². The molecule has 0 aliphatic carbocycles. The zero-order chi connectivity index (χ0) is 27.6. The number of hydrogen-bond donors (Lipinski definition) is 0. The summed E-state index contributed by atoms with van der Waals surface area (Å²) in [5.74, 6) is 0.382. The summed E-state index contributed by atoms with van der Waals surface area (Å²) in [4.78, 5) is 41.2. The van der Waals surface area contributed by atoms with E-state index in [2.05, 4.69) is 20.9 Å². The van der Waals surface area contributed by atoms with Crippen LogP contribution in [-0.2, 0) is 17.5 Å². The Labute approximate surface area is 219 Å². The van der Waals surface area contributed by atoms with Crippen molar-refractivity contribution in [3.63, 3.8) is 0 Å². The first-order valence-corrected chi connectivity index (χ1v) is 12.2. The number of benzene rings is 1. The van der Waals surface area contributed by atoms with E-state index in [0.717, 1.165) is 40.8 Å². The number of ether oxygens (including phenoxy) is 1. The number of likely N-dealkylation sites (tertiary alicyclic amines) is 1. The van der Waals surface area contributed by atoms with Crippen LogP contribution in [0.2, 0.25) is 0 Å². The number of terminal acetylenes is 1. The van der Waals surface area contributed by atoms with Gasteiger partial charge in [-0.25, -0.2) is 19.3 Å². The third-order valence-corrected chi connectivity index (χ3v) is 6.29. The number of nitrogens with zero attached hydrogens (tertiary/aromatic N) is 5. The van der Waals surface area contributed by atoms with Crippen molar-refractivity contribution in [2.24, 2.45) is 0 Å². The molecule has 13 heteroatoms. The maximum Gasteiger partial charge on any atom is 0.416 e. The summed E-state index contributed by atoms with van der Waals surface area (Å²) in [6.45, 7) is 3.39. The molecule has 1 aromatic carbocycles. The molecular formula is C25H21F4N5O3S. The number of alkyl halides is 3. The molecular weight excluding hydrogens is 526 g/mol. The average Bonchev–Trinajstić information content (AvgIpc) is 3.47. The third-order valence-electron chi connectivity index (χ3n) is 5.52. The fourth-order valence-corrected chi connectivity index (χ4v) is 4.53. The Morgan fingerprint density at radius 1 is 1.29 bits per heavy atom. The van der Waals surface area contributed by atoms with Gasteiger partial charge in [-0.15, -0.1) is 17.8 Å². The smallest absolute Gasteiger partial charge is 0.416 e. The Bertz CT molecular complexity index is 1380. The van der Waals surface area contributed by atoms with Gasteiger partial charge in [0.05, 0.1) is 30.6 Å². The van der Waals surface area contributed by atoms with Crippen LogP contribution in [0.3, 0.4) is 0 Å². The molecule has 0 saturated carbocycles. The number of anilines is 1. The molecule has 0 bridgehead atoms. The molecule has 1 fully saturated rings. The normalized spacial score (nSPS) is 15.6. The van der Waals surface area contributed by atoms with Crippen molar-refractivity contribution in [2.75, 3.05) is 11.4 Å². The van der Waals surface area contributed by atoms with Crippen LogP contribution in [0.15, 0.2) is 36.0 Å². The summed E-state index contributed by atoms with van der Waals surface area (Å²) >= 11 is 1.01. The van der Waals surface area contributed by atoms with Gasteiger partial charge in [-0.1, -0.05) is 0 Å². The first kappa shape index (κ1) is 27.0. The van der Waals surface area contributed by atoms with E-state index >= 15 is 0 Å². The maximum atomic E-state index is 13.8. The number of rotatable bonds is 7. The molecule has 1 atom stereocenters. The van der Waals surface area contributed by atoms with Crippen molar-refractivity contribution in [1.82, 2.24) is 19.9 Å². The molecule has 2 amide bonds. The minimum atomic E-state index is -4.75. The van der Waals surface area contributed by atoms with Crippen molar-refractivity contribution >= 4 is 28.8 Å². The number of amides is 2. The molecule has 2 aromatic heterocycles. The summed E-state index contributed by atoms with van der Waals surface area (Å²) in [6.07, 6.45) is 2.19. The van der Waals surface area contributed by atoms with E-state index in [4.69, 9.17) is 11.2 Å². The van der Waals surface area contributed by atoms with Crippen molar-refractivity contribution in [3.8, 4) is 18.1 Å². The van der Waals surface area contributed by atoms with Crippen molar-refractivity contribution in [1.29, 1.82) is 0 Å². The van der Waals surface area contributed by atoms with Gasteiger partial charge in [0.2, 0.25) is 5.91 Å². The molecule has 0 N–H and O–H groups in total. The highest BCUT2D eigenvalue weighted by molar-refractivity contribution is 7.10. The lowest BCUT2D eigenvalue weighted by Crippen LogP contribution is -2.46. The Morgan fingerprint density at radius 3 is 2.61 bits per heavy atom. The van der Waals surface area contributed by atoms with Crippen molar-refractivity contribution in [2.45, 2.75) is 45.1 Å². The highest BCUT2D eigenvalue weighted by Gasteiger charge is 2.41. The molecule has 1 aliphatic rings. The standard InChI is InChI=1S/C25H21F4N5O3S/c1-4-22-32-19(13-38-22)23(35)34(17-7-15(25(27,28)29)8-18(9-17)37-14(2)3)20-5-6-33(24(20)36)12-21-30-10-16(26)11-31-21/h1,7-11,13-14,20H,5-6,12H2,2-3H3. The van der Waals surface area contributed by atoms with E-state index in [1.807, 2.05) is 0 Å². The second-order valence-electron chi connectivity index (χ2n) is 8.62. The van der Waals surface area contributed by atoms with E-state index in [-0.39, 0.29) is 47.5 Å². The molecule has 1 aliphatic heterocycles. The van der Waals surface area contributed by atoms with Gasteiger partial charge in [0.1, 0.15) is 23.3 Å². The van der Waals surface area contributed by atoms with Crippen molar-refractivity contribution in [3.05, 3.63) is 63.9 Å². The molecule has 1 saturated heterocycles. The zero-order valence-corrected chi connectivity index (χ0v) is 21.0. The second-order valence-corrected chi connectivity index (χ2v) is 9.48. The van der Waals surface area contributed by atoms with Crippen LogP contribution in [0, 0.1) is 18.2 Å². The van der Waals surface area contributed by atoms with Crippen LogP contribution in [0.4, 0.5) is 23.2 Å².